The minimum atomic E-state index is -1.20. The Bertz CT molecular complexity index is 279. The first kappa shape index (κ1) is 16.2. The molecule has 0 aliphatic heterocycles. The number of nitrogens with zero attached hydrogens (tertiary/aromatic N) is 1. The summed E-state index contributed by atoms with van der Waals surface area (Å²) in [6, 6.07) is -0.617. The molecular weight excluding hydrogens is 242 g/mol. The first-order valence-corrected chi connectivity index (χ1v) is 5.49. The van der Waals surface area contributed by atoms with Crippen molar-refractivity contribution in [3.8, 4) is 0 Å². The molecule has 0 aromatic rings. The molecule has 3 amide bonds. The number of primary amides is 1. The van der Waals surface area contributed by atoms with E-state index in [1.807, 2.05) is 0 Å². The van der Waals surface area contributed by atoms with E-state index < -0.39 is 31.0 Å². The summed E-state index contributed by atoms with van der Waals surface area (Å²) in [7, 11) is 1.58. The van der Waals surface area contributed by atoms with E-state index in [1.165, 1.54) is 0 Å². The zero-order chi connectivity index (χ0) is 14.0. The fourth-order valence-corrected chi connectivity index (χ4v) is 1.23. The summed E-state index contributed by atoms with van der Waals surface area (Å²) in [6.07, 6.45) is 1.49. The molecule has 0 aliphatic rings. The number of hydrogen-bond donors (Lipinski definition) is 3. The highest BCUT2D eigenvalue weighted by Crippen LogP contribution is 1.92. The lowest BCUT2D eigenvalue weighted by atomic mass is 10.3. The molecule has 0 fully saturated rings. The van der Waals surface area contributed by atoms with Gasteiger partial charge < -0.3 is 25.8 Å². The predicted molar refractivity (Wildman–Crippen MR) is 62.9 cm³/mol. The zero-order valence-corrected chi connectivity index (χ0v) is 10.3. The molecule has 0 unspecified atom stereocenters. The van der Waals surface area contributed by atoms with Gasteiger partial charge in [-0.25, -0.2) is 4.79 Å². The van der Waals surface area contributed by atoms with Gasteiger partial charge in [-0.3, -0.25) is 9.59 Å². The van der Waals surface area contributed by atoms with E-state index in [2.05, 4.69) is 5.32 Å². The van der Waals surface area contributed by atoms with Crippen molar-refractivity contribution in [3.05, 3.63) is 0 Å². The number of carbonyl (C=O) groups is 3. The first-order chi connectivity index (χ1) is 8.47. The molecule has 0 aromatic heterocycles. The second-order valence-corrected chi connectivity index (χ2v) is 3.65. The third kappa shape index (κ3) is 8.34. The average Bonchev–Trinajstić information content (AvgIpc) is 2.26. The molecule has 104 valence electrons. The Balaban J connectivity index is 4.04. The molecule has 0 aliphatic carbocycles. The van der Waals surface area contributed by atoms with Crippen LogP contribution in [0.25, 0.3) is 0 Å². The number of carbonyl (C=O) groups excluding carboxylic acids is 2. The maximum atomic E-state index is 11.6. The third-order valence-electron chi connectivity index (χ3n) is 2.01. The van der Waals surface area contributed by atoms with Crippen molar-refractivity contribution in [2.45, 2.75) is 12.8 Å². The molecule has 0 saturated carbocycles. The third-order valence-corrected chi connectivity index (χ3v) is 2.01. The van der Waals surface area contributed by atoms with Crippen molar-refractivity contribution < 1.29 is 24.2 Å². The number of ether oxygens (including phenoxy) is 1. The lowest BCUT2D eigenvalue weighted by Gasteiger charge is -2.19. The maximum absolute atomic E-state index is 11.6. The number of unbranched alkanes of at least 4 members (excludes halogenated alkanes) is 1. The van der Waals surface area contributed by atoms with Crippen LogP contribution < -0.4 is 11.1 Å². The highest BCUT2D eigenvalue weighted by atomic mass is 16.5. The summed E-state index contributed by atoms with van der Waals surface area (Å²) in [4.78, 5) is 33.6. The van der Waals surface area contributed by atoms with Crippen molar-refractivity contribution in [1.29, 1.82) is 0 Å². The van der Waals surface area contributed by atoms with Crippen LogP contribution in [0, 0.1) is 0 Å². The molecule has 8 nitrogen and oxygen atoms in total. The molecule has 0 aromatic carbocycles. The first-order valence-electron chi connectivity index (χ1n) is 5.49. The number of methoxy groups -OCH3 is 1. The van der Waals surface area contributed by atoms with E-state index in [-0.39, 0.29) is 0 Å². The highest BCUT2D eigenvalue weighted by Gasteiger charge is 2.17. The van der Waals surface area contributed by atoms with Gasteiger partial charge in [0.05, 0.1) is 0 Å². The number of aliphatic carboxylic acids is 1. The summed E-state index contributed by atoms with van der Waals surface area (Å²) in [5, 5.41) is 11.1. The van der Waals surface area contributed by atoms with E-state index in [1.54, 1.807) is 7.11 Å². The van der Waals surface area contributed by atoms with Gasteiger partial charge in [0.1, 0.15) is 13.1 Å². The fourth-order valence-electron chi connectivity index (χ4n) is 1.23. The van der Waals surface area contributed by atoms with E-state index >= 15 is 0 Å². The lowest BCUT2D eigenvalue weighted by molar-refractivity contribution is -0.137. The van der Waals surface area contributed by atoms with Gasteiger partial charge in [-0.2, -0.15) is 0 Å². The van der Waals surface area contributed by atoms with Crippen molar-refractivity contribution in [1.82, 2.24) is 10.2 Å². The molecular formula is C10H19N3O5. The number of carboxylic acids is 1. The van der Waals surface area contributed by atoms with Gasteiger partial charge in [0.25, 0.3) is 0 Å². The summed E-state index contributed by atoms with van der Waals surface area (Å²) in [6.45, 7) is -0.00385. The Morgan fingerprint density at radius 1 is 1.28 bits per heavy atom. The smallest absolute Gasteiger partial charge is 0.323 e. The van der Waals surface area contributed by atoms with E-state index in [9.17, 15) is 14.4 Å². The van der Waals surface area contributed by atoms with Crippen LogP contribution in [-0.4, -0.2) is 61.3 Å². The predicted octanol–water partition coefficient (Wildman–Crippen LogP) is -1.01. The zero-order valence-electron chi connectivity index (χ0n) is 10.3. The number of carboxylic acid groups (broad SMARTS) is 1. The second-order valence-electron chi connectivity index (χ2n) is 3.65. The number of amides is 3. The quantitative estimate of drug-likeness (QED) is 0.459. The van der Waals surface area contributed by atoms with Gasteiger partial charge in [-0.15, -0.1) is 0 Å². The summed E-state index contributed by atoms with van der Waals surface area (Å²) in [5.74, 6) is -1.96. The fraction of sp³-hybridized carbons (Fsp3) is 0.700. The second kappa shape index (κ2) is 9.23. The van der Waals surface area contributed by atoms with Gasteiger partial charge in [0, 0.05) is 20.3 Å². The van der Waals surface area contributed by atoms with Crippen LogP contribution >= 0.6 is 0 Å². The minimum absolute atomic E-state index is 0.386. The van der Waals surface area contributed by atoms with Gasteiger partial charge in [0.15, 0.2) is 0 Å². The Morgan fingerprint density at radius 2 is 1.94 bits per heavy atom. The number of nitrogens with two attached hydrogens (primary N) is 1. The van der Waals surface area contributed by atoms with Crippen molar-refractivity contribution in [3.63, 3.8) is 0 Å². The Labute approximate surface area is 105 Å². The SMILES string of the molecule is COCCCCNC(=O)N(CC(N)=O)CC(=O)O. The minimum Gasteiger partial charge on any atom is -0.480 e. The monoisotopic (exact) mass is 261 g/mol. The molecule has 0 spiro atoms. The molecule has 18 heavy (non-hydrogen) atoms. The normalized spacial score (nSPS) is 9.83. The average molecular weight is 261 g/mol. The summed E-state index contributed by atoms with van der Waals surface area (Å²) in [5.41, 5.74) is 4.93. The van der Waals surface area contributed by atoms with Crippen molar-refractivity contribution >= 4 is 17.9 Å². The van der Waals surface area contributed by atoms with Crippen LogP contribution in [0.1, 0.15) is 12.8 Å². The lowest BCUT2D eigenvalue weighted by Crippen LogP contribution is -2.46. The van der Waals surface area contributed by atoms with Crippen molar-refractivity contribution in [2.75, 3.05) is 33.4 Å². The van der Waals surface area contributed by atoms with Crippen molar-refractivity contribution in [2.24, 2.45) is 5.73 Å². The van der Waals surface area contributed by atoms with Gasteiger partial charge >= 0.3 is 12.0 Å². The number of rotatable bonds is 9. The Hall–Kier alpha value is -1.83. The van der Waals surface area contributed by atoms with Gasteiger partial charge in [-0.1, -0.05) is 0 Å². The van der Waals surface area contributed by atoms with Crippen LogP contribution in [0.2, 0.25) is 0 Å². The van der Waals surface area contributed by atoms with E-state index in [0.717, 1.165) is 11.3 Å². The molecule has 0 radical (unpaired) electrons. The molecule has 8 heteroatoms. The van der Waals surface area contributed by atoms with E-state index in [0.29, 0.717) is 19.6 Å². The Kier molecular flexibility index (Phi) is 8.29. The maximum Gasteiger partial charge on any atom is 0.323 e. The molecule has 0 rings (SSSR count). The van der Waals surface area contributed by atoms with Crippen LogP contribution in [0.3, 0.4) is 0 Å². The Morgan fingerprint density at radius 3 is 2.44 bits per heavy atom. The highest BCUT2D eigenvalue weighted by molar-refractivity contribution is 5.85. The molecule has 4 N–H and O–H groups in total. The number of urea groups is 1. The van der Waals surface area contributed by atoms with E-state index in [4.69, 9.17) is 15.6 Å². The summed E-state index contributed by atoms with van der Waals surface area (Å²) >= 11 is 0. The number of hydrogen-bond acceptors (Lipinski definition) is 4. The van der Waals surface area contributed by atoms with Crippen LogP contribution in [0.4, 0.5) is 4.79 Å². The van der Waals surface area contributed by atoms with Crippen LogP contribution in [0.15, 0.2) is 0 Å². The number of nitrogens with one attached hydrogen (secondary N) is 1. The van der Waals surface area contributed by atoms with Crippen LogP contribution in [-0.2, 0) is 14.3 Å². The van der Waals surface area contributed by atoms with Crippen LogP contribution in [0.5, 0.6) is 0 Å². The van der Waals surface area contributed by atoms with Gasteiger partial charge in [0.2, 0.25) is 5.91 Å². The molecule has 0 heterocycles. The topological polar surface area (TPSA) is 122 Å². The molecule has 0 atom stereocenters. The standard InChI is InChI=1S/C10H19N3O5/c1-18-5-3-2-4-12-10(17)13(6-8(11)14)7-9(15)16/h2-7H2,1H3,(H2,11,14)(H,12,17)(H,15,16). The van der Waals surface area contributed by atoms with Gasteiger partial charge in [-0.05, 0) is 12.8 Å². The summed E-state index contributed by atoms with van der Waals surface area (Å²) < 4.78 is 4.84. The largest absolute Gasteiger partial charge is 0.480 e. The molecule has 0 bridgehead atoms. The molecule has 0 saturated heterocycles.